The normalized spacial score (nSPS) is 33.5. The van der Waals surface area contributed by atoms with Gasteiger partial charge in [-0.15, -0.1) is 6.42 Å². The Morgan fingerprint density at radius 2 is 2.24 bits per heavy atom. The second-order valence-corrected chi connectivity index (χ2v) is 8.56. The number of alkyl halides is 1. The van der Waals surface area contributed by atoms with Gasteiger partial charge in [-0.05, 0) is 6.07 Å². The molecule has 1 saturated heterocycles. The van der Waals surface area contributed by atoms with Crippen LogP contribution < -0.4 is 20.5 Å². The highest BCUT2D eigenvalue weighted by Gasteiger charge is 2.57. The summed E-state index contributed by atoms with van der Waals surface area (Å²) in [6.07, 6.45) is -1.96. The standard InChI is InChI=1S/C19H18FN2O10P/c1-3-10-7-22(18(26)21-16(10)25)17-13(23)15(24)19(20,31-17)9-30-33(27)29-8-11-5-4-6-12(28-2)14(11)32-33/h1,4-7,13,15,17,23-24H,8-9H2,2H3,(H,21,25,26)/t13-,15+,17-,19-,33?/m1/s1/i17D. The number of ether oxygens (including phenoxy) is 2. The smallest absolute Gasteiger partial charge is 0.493 e. The minimum atomic E-state index is -4.47. The Morgan fingerprint density at radius 1 is 1.48 bits per heavy atom. The van der Waals surface area contributed by atoms with Gasteiger partial charge in [0.1, 0.15) is 24.4 Å². The van der Waals surface area contributed by atoms with Crippen LogP contribution in [0.2, 0.25) is 0 Å². The number of aromatic amines is 1. The number of fused-ring (bicyclic) bond motifs is 1. The second kappa shape index (κ2) is 8.42. The average Bonchev–Trinajstić information content (AvgIpc) is 2.98. The first-order valence-corrected chi connectivity index (χ1v) is 10.8. The summed E-state index contributed by atoms with van der Waals surface area (Å²) in [6.45, 7) is -1.58. The van der Waals surface area contributed by atoms with Gasteiger partial charge in [-0.2, -0.15) is 0 Å². The number of hydrogen-bond acceptors (Lipinski definition) is 10. The van der Waals surface area contributed by atoms with Gasteiger partial charge in [0.2, 0.25) is 0 Å². The van der Waals surface area contributed by atoms with Crippen molar-refractivity contribution in [2.75, 3.05) is 13.7 Å². The topological polar surface area (TPSA) is 159 Å². The number of terminal acetylenes is 1. The second-order valence-electron chi connectivity index (χ2n) is 6.97. The Kier molecular flexibility index (Phi) is 5.57. The molecule has 12 nitrogen and oxygen atoms in total. The fourth-order valence-corrected chi connectivity index (χ4v) is 4.41. The molecular weight excluding hydrogens is 466 g/mol. The third kappa shape index (κ3) is 4.08. The van der Waals surface area contributed by atoms with Crippen LogP contribution in [-0.4, -0.2) is 51.5 Å². The number of aliphatic hydroxyl groups excluding tert-OH is 2. The molecule has 3 heterocycles. The maximum atomic E-state index is 15.5. The zero-order valence-corrected chi connectivity index (χ0v) is 17.8. The van der Waals surface area contributed by atoms with Crippen molar-refractivity contribution in [3.8, 4) is 23.8 Å². The van der Waals surface area contributed by atoms with Crippen LogP contribution in [0.4, 0.5) is 4.39 Å². The summed E-state index contributed by atoms with van der Waals surface area (Å²) in [7, 11) is -3.12. The van der Waals surface area contributed by atoms with Crippen molar-refractivity contribution >= 4 is 7.82 Å². The van der Waals surface area contributed by atoms with E-state index in [0.717, 1.165) is 0 Å². The molecule has 1 unspecified atom stereocenters. The van der Waals surface area contributed by atoms with Gasteiger partial charge in [0.25, 0.3) is 11.4 Å². The van der Waals surface area contributed by atoms with Gasteiger partial charge in [0, 0.05) is 11.8 Å². The Hall–Kier alpha value is -2.98. The summed E-state index contributed by atoms with van der Waals surface area (Å²) >= 11 is 0. The molecule has 0 saturated carbocycles. The highest BCUT2D eigenvalue weighted by Crippen LogP contribution is 2.57. The Balaban J connectivity index is 1.59. The Morgan fingerprint density at radius 3 is 2.94 bits per heavy atom. The van der Waals surface area contributed by atoms with Crippen LogP contribution in [0, 0.1) is 12.3 Å². The first-order chi connectivity index (χ1) is 16.0. The zero-order chi connectivity index (χ0) is 24.9. The molecule has 0 radical (unpaired) electrons. The summed E-state index contributed by atoms with van der Waals surface area (Å²) in [5, 5.41) is 20.6. The maximum absolute atomic E-state index is 15.5. The molecule has 2 aromatic rings. The summed E-state index contributed by atoms with van der Waals surface area (Å²) in [5.74, 6) is -1.16. The van der Waals surface area contributed by atoms with E-state index in [1.54, 1.807) is 17.1 Å². The van der Waals surface area contributed by atoms with Gasteiger partial charge in [-0.3, -0.25) is 23.4 Å². The van der Waals surface area contributed by atoms with E-state index in [9.17, 15) is 24.4 Å². The van der Waals surface area contributed by atoms with Gasteiger partial charge in [-0.25, -0.2) is 13.8 Å². The number of nitrogens with one attached hydrogen (secondary N) is 1. The Bertz CT molecular complexity index is 1330. The predicted molar refractivity (Wildman–Crippen MR) is 107 cm³/mol. The minimum absolute atomic E-state index is 0.0388. The molecule has 176 valence electrons. The number of aromatic nitrogens is 2. The lowest BCUT2D eigenvalue weighted by Crippen LogP contribution is -2.43. The van der Waals surface area contributed by atoms with Gasteiger partial charge in [-0.1, -0.05) is 18.1 Å². The largest absolute Gasteiger partial charge is 0.530 e. The lowest BCUT2D eigenvalue weighted by Gasteiger charge is -2.28. The molecule has 4 rings (SSSR count). The Labute approximate surface area is 186 Å². The van der Waals surface area contributed by atoms with Crippen molar-refractivity contribution < 1.29 is 43.6 Å². The fraction of sp³-hybridized carbons (Fsp3) is 0.368. The van der Waals surface area contributed by atoms with Crippen molar-refractivity contribution in [2.24, 2.45) is 0 Å². The highest BCUT2D eigenvalue weighted by molar-refractivity contribution is 7.49. The zero-order valence-electron chi connectivity index (χ0n) is 17.9. The van der Waals surface area contributed by atoms with Crippen LogP contribution in [0.5, 0.6) is 11.5 Å². The monoisotopic (exact) mass is 485 g/mol. The van der Waals surface area contributed by atoms with Crippen molar-refractivity contribution in [1.82, 2.24) is 9.55 Å². The fourth-order valence-electron chi connectivity index (χ4n) is 3.17. The SMILES string of the molecule is [2H][C@@]1(n2cc(C#C)c(=O)[nH]c2=O)O[C@](F)(COP2(=O)OCc3cccc(OC)c3O2)[C@@H](O)[C@H]1O. The molecule has 5 atom stereocenters. The molecule has 14 heteroatoms. The van der Waals surface area contributed by atoms with Crippen molar-refractivity contribution in [1.29, 1.82) is 0 Å². The molecule has 0 amide bonds. The molecule has 0 spiro atoms. The number of H-pyrrole nitrogens is 1. The van der Waals surface area contributed by atoms with Crippen molar-refractivity contribution in [3.63, 3.8) is 0 Å². The number of rotatable bonds is 5. The van der Waals surface area contributed by atoms with Gasteiger partial charge >= 0.3 is 13.5 Å². The molecule has 0 bridgehead atoms. The number of aliphatic hydroxyl groups is 2. The van der Waals surface area contributed by atoms with Gasteiger partial charge in [0.15, 0.2) is 17.7 Å². The molecule has 1 aromatic heterocycles. The highest BCUT2D eigenvalue weighted by atomic mass is 31.2. The summed E-state index contributed by atoms with van der Waals surface area (Å²) < 4.78 is 62.4. The van der Waals surface area contributed by atoms with Crippen LogP contribution in [0.1, 0.15) is 18.7 Å². The van der Waals surface area contributed by atoms with E-state index >= 15 is 4.39 Å². The van der Waals surface area contributed by atoms with E-state index in [1.807, 2.05) is 5.92 Å². The number of benzene rings is 1. The summed E-state index contributed by atoms with van der Waals surface area (Å²) in [6, 6.07) is 4.77. The molecule has 3 N–H and O–H groups in total. The number of halogens is 1. The van der Waals surface area contributed by atoms with E-state index < -0.39 is 55.5 Å². The minimum Gasteiger partial charge on any atom is -0.493 e. The van der Waals surface area contributed by atoms with Crippen LogP contribution in [0.25, 0.3) is 0 Å². The number of para-hydroxylation sites is 1. The van der Waals surface area contributed by atoms with Crippen molar-refractivity contribution in [2.45, 2.75) is 30.9 Å². The quantitative estimate of drug-likeness (QED) is 0.394. The molecule has 1 fully saturated rings. The van der Waals surface area contributed by atoms with Crippen LogP contribution >= 0.6 is 7.82 Å². The molecular formula is C19H18FN2O10P. The molecule has 2 aliphatic rings. The average molecular weight is 485 g/mol. The van der Waals surface area contributed by atoms with Crippen molar-refractivity contribution in [3.05, 3.63) is 56.4 Å². The maximum Gasteiger partial charge on any atom is 0.530 e. The molecule has 0 aliphatic carbocycles. The van der Waals surface area contributed by atoms with Crippen LogP contribution in [0.15, 0.2) is 34.0 Å². The number of hydrogen-bond donors (Lipinski definition) is 3. The molecule has 2 aliphatic heterocycles. The predicted octanol–water partition coefficient (Wildman–Crippen LogP) is 0.177. The molecule has 33 heavy (non-hydrogen) atoms. The third-order valence-corrected chi connectivity index (χ3v) is 6.18. The lowest BCUT2D eigenvalue weighted by molar-refractivity contribution is -0.205. The van der Waals surface area contributed by atoms with E-state index in [2.05, 4.69) is 0 Å². The first kappa shape index (κ1) is 21.8. The number of phosphoric acid groups is 1. The lowest BCUT2D eigenvalue weighted by atomic mass is 10.1. The summed E-state index contributed by atoms with van der Waals surface area (Å²) in [5.41, 5.74) is -2.18. The number of nitrogens with zero attached hydrogens (tertiary/aromatic N) is 1. The first-order valence-electron chi connectivity index (χ1n) is 9.79. The third-order valence-electron chi connectivity index (χ3n) is 4.88. The number of phosphoric ester groups is 1. The van der Waals surface area contributed by atoms with E-state index in [4.69, 9.17) is 30.8 Å². The van der Waals surface area contributed by atoms with E-state index in [1.165, 1.54) is 13.2 Å². The molecule has 1 aromatic carbocycles. The van der Waals surface area contributed by atoms with Gasteiger partial charge < -0.3 is 24.2 Å². The van der Waals surface area contributed by atoms with E-state index in [-0.39, 0.29) is 18.1 Å². The van der Waals surface area contributed by atoms with Crippen LogP contribution in [0.3, 0.4) is 0 Å². The van der Waals surface area contributed by atoms with Gasteiger partial charge in [0.05, 0.1) is 15.1 Å². The van der Waals surface area contributed by atoms with Crippen LogP contribution in [-0.2, 0) is 25.0 Å². The van der Waals surface area contributed by atoms with E-state index in [0.29, 0.717) is 16.3 Å². The number of methoxy groups -OCH3 is 1. The summed E-state index contributed by atoms with van der Waals surface area (Å²) in [4.78, 5) is 25.7.